The SMILES string of the molecule is COc1ccc(C(=O)OC2C(OC3C(O)COC(OC4CC5C6CC=C7CC(O)CC[C@]7(C)C6CC[C@]5(C)[C@@]4(O)C(C)C(=O)CCC(C)C)C3OC(C)=O)OCC(O)C2O)cc1. The molecule has 62 heavy (non-hydrogen) atoms. The van der Waals surface area contributed by atoms with Crippen LogP contribution in [0.25, 0.3) is 0 Å². The number of aliphatic hydroxyl groups is 5. The quantitative estimate of drug-likeness (QED) is 0.140. The number of esters is 2. The highest BCUT2D eigenvalue weighted by atomic mass is 16.8. The van der Waals surface area contributed by atoms with Gasteiger partial charge in [0.1, 0.15) is 41.5 Å². The second-order valence-corrected chi connectivity index (χ2v) is 19.7. The Bertz CT molecular complexity index is 1800. The summed E-state index contributed by atoms with van der Waals surface area (Å²) in [7, 11) is 1.48. The molecule has 5 N–H and O–H groups in total. The van der Waals surface area contributed by atoms with Crippen molar-refractivity contribution in [2.45, 2.75) is 166 Å². The van der Waals surface area contributed by atoms with E-state index >= 15 is 0 Å². The van der Waals surface area contributed by atoms with Gasteiger partial charge < -0.3 is 58.7 Å². The zero-order chi connectivity index (χ0) is 44.9. The van der Waals surface area contributed by atoms with Crippen LogP contribution >= 0.6 is 0 Å². The van der Waals surface area contributed by atoms with E-state index in [1.807, 2.05) is 0 Å². The third-order valence-electron chi connectivity index (χ3n) is 15.7. The molecule has 15 heteroatoms. The average Bonchev–Trinajstić information content (AvgIpc) is 3.47. The van der Waals surface area contributed by atoms with Crippen LogP contribution in [-0.2, 0) is 38.0 Å². The Labute approximate surface area is 364 Å². The van der Waals surface area contributed by atoms with Crippen molar-refractivity contribution in [1.29, 1.82) is 0 Å². The first kappa shape index (κ1) is 47.0. The molecular formula is C47H68O15. The second kappa shape index (κ2) is 18.5. The Morgan fingerprint density at radius 3 is 2.19 bits per heavy atom. The van der Waals surface area contributed by atoms with Crippen molar-refractivity contribution in [3.8, 4) is 5.75 Å². The molecule has 0 spiro atoms. The molecule has 0 radical (unpaired) electrons. The predicted molar refractivity (Wildman–Crippen MR) is 221 cm³/mol. The lowest BCUT2D eigenvalue weighted by molar-refractivity contribution is -0.345. The van der Waals surface area contributed by atoms with Crippen LogP contribution in [0.15, 0.2) is 35.9 Å². The highest BCUT2D eigenvalue weighted by molar-refractivity contribution is 5.89. The van der Waals surface area contributed by atoms with Gasteiger partial charge in [-0.2, -0.15) is 0 Å². The largest absolute Gasteiger partial charge is 0.497 e. The van der Waals surface area contributed by atoms with Crippen LogP contribution in [0, 0.1) is 40.4 Å². The summed E-state index contributed by atoms with van der Waals surface area (Å²) in [5.74, 6) is -1.30. The van der Waals surface area contributed by atoms with Gasteiger partial charge in [-0.25, -0.2) is 4.79 Å². The molecule has 0 amide bonds. The number of carbonyl (C=O) groups excluding carboxylic acids is 3. The summed E-state index contributed by atoms with van der Waals surface area (Å²) in [6, 6.07) is 6.05. The van der Waals surface area contributed by atoms with Gasteiger partial charge in [0.25, 0.3) is 0 Å². The maximum absolute atomic E-state index is 14.2. The molecule has 0 bridgehead atoms. The van der Waals surface area contributed by atoms with E-state index in [4.69, 9.17) is 33.2 Å². The van der Waals surface area contributed by atoms with Gasteiger partial charge in [0.05, 0.1) is 38.1 Å². The van der Waals surface area contributed by atoms with Crippen LogP contribution in [0.1, 0.15) is 110 Å². The van der Waals surface area contributed by atoms with Crippen molar-refractivity contribution < 1.29 is 73.1 Å². The number of ketones is 1. The van der Waals surface area contributed by atoms with E-state index in [0.717, 1.165) is 25.7 Å². The van der Waals surface area contributed by atoms with Gasteiger partial charge in [-0.3, -0.25) is 9.59 Å². The van der Waals surface area contributed by atoms with Crippen molar-refractivity contribution >= 4 is 17.7 Å². The fourth-order valence-corrected chi connectivity index (χ4v) is 12.1. The molecule has 4 aliphatic carbocycles. The average molecular weight is 873 g/mol. The predicted octanol–water partition coefficient (Wildman–Crippen LogP) is 4.02. The van der Waals surface area contributed by atoms with Crippen molar-refractivity contribution in [3.63, 3.8) is 0 Å². The Balaban J connectivity index is 1.18. The first-order valence-electron chi connectivity index (χ1n) is 22.6. The van der Waals surface area contributed by atoms with Gasteiger partial charge in [-0.05, 0) is 105 Å². The molecule has 15 nitrogen and oxygen atoms in total. The van der Waals surface area contributed by atoms with Crippen LogP contribution in [-0.4, -0.2) is 131 Å². The van der Waals surface area contributed by atoms with E-state index in [2.05, 4.69) is 33.8 Å². The number of aliphatic hydroxyl groups excluding tert-OH is 4. The molecule has 0 aromatic heterocycles. The minimum atomic E-state index is -1.67. The maximum atomic E-state index is 14.2. The molecule has 3 saturated carbocycles. The molecule has 1 aromatic carbocycles. The fraction of sp³-hybridized carbons (Fsp3) is 0.766. The topological polar surface area (TPSA) is 217 Å². The first-order valence-corrected chi connectivity index (χ1v) is 22.6. The number of carbonyl (C=O) groups is 3. The number of hydrogen-bond acceptors (Lipinski definition) is 15. The number of ether oxygens (including phenoxy) is 7. The maximum Gasteiger partial charge on any atom is 0.338 e. The van der Waals surface area contributed by atoms with E-state index in [1.165, 1.54) is 31.7 Å². The summed E-state index contributed by atoms with van der Waals surface area (Å²) < 4.78 is 41.7. The number of Topliss-reactive ketones (excluding diaryl/α,β-unsaturated/α-hetero) is 1. The summed E-state index contributed by atoms with van der Waals surface area (Å²) in [5.41, 5.74) is -1.08. The number of allylic oxidation sites excluding steroid dienone is 1. The summed E-state index contributed by atoms with van der Waals surface area (Å²) in [6.07, 6.45) is -5.12. The Kier molecular flexibility index (Phi) is 14.0. The van der Waals surface area contributed by atoms with E-state index < -0.39 is 90.8 Å². The molecule has 14 unspecified atom stereocenters. The number of hydrogen-bond donors (Lipinski definition) is 5. The van der Waals surface area contributed by atoms with Crippen LogP contribution in [0.4, 0.5) is 0 Å². The zero-order valence-electron chi connectivity index (χ0n) is 37.1. The summed E-state index contributed by atoms with van der Waals surface area (Å²) in [4.78, 5) is 40.3. The lowest BCUT2D eigenvalue weighted by Gasteiger charge is -2.59. The molecular weight excluding hydrogens is 805 g/mol. The molecule has 17 atom stereocenters. The Morgan fingerprint density at radius 1 is 0.855 bits per heavy atom. The molecule has 2 saturated heterocycles. The second-order valence-electron chi connectivity index (χ2n) is 19.7. The van der Waals surface area contributed by atoms with Gasteiger partial charge >= 0.3 is 11.9 Å². The lowest BCUT2D eigenvalue weighted by Crippen LogP contribution is -2.64. The van der Waals surface area contributed by atoms with Gasteiger partial charge in [0.2, 0.25) is 0 Å². The standard InChI is InChI=1S/C47H68O15/c1-24(2)8-15-34(50)25(3)47(55)37(21-33-31-14-11-28-20-29(49)16-18-45(28,5)32(31)17-19-46(33,47)6)60-44-41(59-26(4)48)39(36(52)23-58-44)62-43-40(38(53)35(51)22-57-43)61-42(54)27-9-12-30(56-7)13-10-27/h9-13,24-25,29,31-33,35-41,43-44,49,51-53,55H,8,14-23H2,1-7H3/t25?,29?,31?,32?,33?,35?,36?,37?,38?,39?,40?,41?,43?,44?,45-,46-,47+/m0/s1. The minimum absolute atomic E-state index is 0.0591. The van der Waals surface area contributed by atoms with Gasteiger partial charge in [0, 0.05) is 24.7 Å². The molecule has 2 aliphatic heterocycles. The number of fused-ring (bicyclic) bond motifs is 5. The van der Waals surface area contributed by atoms with Crippen LogP contribution in [0.3, 0.4) is 0 Å². The summed E-state index contributed by atoms with van der Waals surface area (Å²) in [5, 5.41) is 57.1. The fourth-order valence-electron chi connectivity index (χ4n) is 12.1. The highest BCUT2D eigenvalue weighted by Crippen LogP contribution is 2.69. The van der Waals surface area contributed by atoms with Crippen LogP contribution in [0.5, 0.6) is 5.75 Å². The van der Waals surface area contributed by atoms with Gasteiger partial charge in [0.15, 0.2) is 24.8 Å². The van der Waals surface area contributed by atoms with Crippen molar-refractivity contribution in [1.82, 2.24) is 0 Å². The molecule has 7 rings (SSSR count). The normalized spacial score (nSPS) is 42.1. The third-order valence-corrected chi connectivity index (χ3v) is 15.7. The molecule has 2 heterocycles. The lowest BCUT2D eigenvalue weighted by atomic mass is 9.46. The third kappa shape index (κ3) is 8.62. The number of benzene rings is 1. The zero-order valence-corrected chi connectivity index (χ0v) is 37.1. The van der Waals surface area contributed by atoms with Crippen molar-refractivity contribution in [2.75, 3.05) is 20.3 Å². The van der Waals surface area contributed by atoms with Crippen LogP contribution < -0.4 is 4.74 Å². The van der Waals surface area contributed by atoms with Crippen molar-refractivity contribution in [2.24, 2.45) is 40.4 Å². The minimum Gasteiger partial charge on any atom is -0.497 e. The summed E-state index contributed by atoms with van der Waals surface area (Å²) >= 11 is 0. The number of methoxy groups -OCH3 is 1. The van der Waals surface area contributed by atoms with Gasteiger partial charge in [-0.15, -0.1) is 0 Å². The molecule has 6 aliphatic rings. The van der Waals surface area contributed by atoms with Crippen LogP contribution in [0.2, 0.25) is 0 Å². The van der Waals surface area contributed by atoms with E-state index in [9.17, 15) is 39.9 Å². The van der Waals surface area contributed by atoms with E-state index in [1.54, 1.807) is 19.1 Å². The van der Waals surface area contributed by atoms with Crippen molar-refractivity contribution in [3.05, 3.63) is 41.5 Å². The highest BCUT2D eigenvalue weighted by Gasteiger charge is 2.70. The molecule has 346 valence electrons. The number of rotatable bonds is 13. The molecule has 1 aromatic rings. The van der Waals surface area contributed by atoms with E-state index in [0.29, 0.717) is 37.4 Å². The monoisotopic (exact) mass is 872 g/mol. The van der Waals surface area contributed by atoms with E-state index in [-0.39, 0.29) is 53.6 Å². The Morgan fingerprint density at radius 2 is 1.53 bits per heavy atom. The smallest absolute Gasteiger partial charge is 0.338 e. The first-order chi connectivity index (χ1) is 29.3. The summed E-state index contributed by atoms with van der Waals surface area (Å²) in [6.45, 7) is 10.7. The van der Waals surface area contributed by atoms with Gasteiger partial charge in [-0.1, -0.05) is 46.3 Å². The Hall–Kier alpha value is -2.99. The molecule has 5 fully saturated rings.